The summed E-state index contributed by atoms with van der Waals surface area (Å²) in [4.78, 5) is 2.38. The number of benzene rings is 1. The molecular formula is C17H30N2O2. The van der Waals surface area contributed by atoms with Crippen LogP contribution >= 0.6 is 0 Å². The molecule has 1 aromatic rings. The maximum Gasteiger partial charge on any atom is 0.122 e. The van der Waals surface area contributed by atoms with Gasteiger partial charge in [0.1, 0.15) is 11.5 Å². The Morgan fingerprint density at radius 2 is 1.67 bits per heavy atom. The molecule has 0 saturated heterocycles. The van der Waals surface area contributed by atoms with Gasteiger partial charge in [0.15, 0.2) is 0 Å². The zero-order chi connectivity index (χ0) is 15.7. The second kappa shape index (κ2) is 9.64. The maximum atomic E-state index is 5.28. The summed E-state index contributed by atoms with van der Waals surface area (Å²) in [6, 6.07) is 6.61. The molecule has 0 amide bonds. The number of hydrogen-bond acceptors (Lipinski definition) is 4. The average Bonchev–Trinajstić information content (AvgIpc) is 2.49. The van der Waals surface area contributed by atoms with Gasteiger partial charge in [0.25, 0.3) is 0 Å². The fraction of sp³-hybridized carbons (Fsp3) is 0.647. The number of methoxy groups -OCH3 is 2. The van der Waals surface area contributed by atoms with E-state index in [0.29, 0.717) is 6.04 Å². The second-order valence-corrected chi connectivity index (χ2v) is 5.68. The lowest BCUT2D eigenvalue weighted by Crippen LogP contribution is -2.27. The summed E-state index contributed by atoms with van der Waals surface area (Å²) in [6.07, 6.45) is 2.42. The Morgan fingerprint density at radius 3 is 2.19 bits per heavy atom. The van der Waals surface area contributed by atoms with Crippen molar-refractivity contribution in [1.29, 1.82) is 0 Å². The number of hydrogen-bond donors (Lipinski definition) is 1. The standard InChI is InChI=1S/C17H30N2O2/c1-14(2)19(3)9-7-6-8-18-13-15-10-16(20-4)12-17(11-15)21-5/h10-12,14,18H,6-9,13H2,1-5H3. The summed E-state index contributed by atoms with van der Waals surface area (Å²) in [5, 5.41) is 3.48. The number of nitrogens with zero attached hydrogens (tertiary/aromatic N) is 1. The Bertz CT molecular complexity index is 386. The second-order valence-electron chi connectivity index (χ2n) is 5.68. The van der Waals surface area contributed by atoms with Crippen molar-refractivity contribution in [2.24, 2.45) is 0 Å². The first kappa shape index (κ1) is 17.8. The quantitative estimate of drug-likeness (QED) is 0.673. The van der Waals surface area contributed by atoms with Gasteiger partial charge < -0.3 is 19.7 Å². The third-order valence-electron chi connectivity index (χ3n) is 3.74. The molecule has 1 rings (SSSR count). The van der Waals surface area contributed by atoms with Crippen LogP contribution in [0, 0.1) is 0 Å². The van der Waals surface area contributed by atoms with Gasteiger partial charge in [-0.1, -0.05) is 0 Å². The van der Waals surface area contributed by atoms with E-state index in [9.17, 15) is 0 Å². The lowest BCUT2D eigenvalue weighted by molar-refractivity contribution is 0.268. The number of ether oxygens (including phenoxy) is 2. The minimum atomic E-state index is 0.627. The predicted molar refractivity (Wildman–Crippen MR) is 88.3 cm³/mol. The van der Waals surface area contributed by atoms with Crippen LogP contribution in [0.5, 0.6) is 11.5 Å². The van der Waals surface area contributed by atoms with E-state index in [4.69, 9.17) is 9.47 Å². The van der Waals surface area contributed by atoms with E-state index in [2.05, 4.69) is 31.1 Å². The lowest BCUT2D eigenvalue weighted by Gasteiger charge is -2.20. The molecule has 0 aliphatic carbocycles. The first-order valence-corrected chi connectivity index (χ1v) is 7.69. The fourth-order valence-corrected chi connectivity index (χ4v) is 2.07. The van der Waals surface area contributed by atoms with Gasteiger partial charge in [-0.15, -0.1) is 0 Å². The summed E-state index contributed by atoms with van der Waals surface area (Å²) < 4.78 is 10.6. The number of unbranched alkanes of at least 4 members (excludes halogenated alkanes) is 1. The minimum absolute atomic E-state index is 0.627. The Labute approximate surface area is 129 Å². The van der Waals surface area contributed by atoms with Crippen molar-refractivity contribution >= 4 is 0 Å². The molecule has 4 nitrogen and oxygen atoms in total. The number of rotatable bonds is 10. The van der Waals surface area contributed by atoms with E-state index in [1.165, 1.54) is 18.4 Å². The van der Waals surface area contributed by atoms with E-state index >= 15 is 0 Å². The topological polar surface area (TPSA) is 33.7 Å². The first-order chi connectivity index (χ1) is 10.1. The van der Waals surface area contributed by atoms with Gasteiger partial charge in [-0.25, -0.2) is 0 Å². The normalized spacial score (nSPS) is 11.2. The Kier molecular flexibility index (Phi) is 8.16. The summed E-state index contributed by atoms with van der Waals surface area (Å²) in [6.45, 7) is 7.49. The summed E-state index contributed by atoms with van der Waals surface area (Å²) in [5.74, 6) is 1.68. The van der Waals surface area contributed by atoms with Crippen LogP contribution in [-0.4, -0.2) is 45.3 Å². The lowest BCUT2D eigenvalue weighted by atomic mass is 10.2. The maximum absolute atomic E-state index is 5.28. The van der Waals surface area contributed by atoms with Gasteiger partial charge in [0.2, 0.25) is 0 Å². The van der Waals surface area contributed by atoms with Crippen molar-refractivity contribution < 1.29 is 9.47 Å². The number of nitrogens with one attached hydrogen (secondary N) is 1. The van der Waals surface area contributed by atoms with Crippen LogP contribution in [0.15, 0.2) is 18.2 Å². The highest BCUT2D eigenvalue weighted by Gasteiger charge is 2.03. The van der Waals surface area contributed by atoms with Gasteiger partial charge in [0, 0.05) is 18.7 Å². The molecule has 0 saturated carbocycles. The van der Waals surface area contributed by atoms with Crippen LogP contribution in [0.4, 0.5) is 0 Å². The SMILES string of the molecule is COc1cc(CNCCCCN(C)C(C)C)cc(OC)c1. The highest BCUT2D eigenvalue weighted by atomic mass is 16.5. The van der Waals surface area contributed by atoms with Crippen molar-refractivity contribution in [3.8, 4) is 11.5 Å². The molecule has 0 aromatic heterocycles. The van der Waals surface area contributed by atoms with Crippen molar-refractivity contribution in [1.82, 2.24) is 10.2 Å². The molecular weight excluding hydrogens is 264 g/mol. The molecule has 0 unspecified atom stereocenters. The van der Waals surface area contributed by atoms with Gasteiger partial charge in [0.05, 0.1) is 14.2 Å². The van der Waals surface area contributed by atoms with Crippen molar-refractivity contribution in [3.63, 3.8) is 0 Å². The van der Waals surface area contributed by atoms with Crippen molar-refractivity contribution in [2.45, 2.75) is 39.3 Å². The van der Waals surface area contributed by atoms with E-state index in [-0.39, 0.29) is 0 Å². The van der Waals surface area contributed by atoms with Crippen molar-refractivity contribution in [2.75, 3.05) is 34.4 Å². The van der Waals surface area contributed by atoms with Gasteiger partial charge >= 0.3 is 0 Å². The van der Waals surface area contributed by atoms with Crippen LogP contribution in [-0.2, 0) is 6.54 Å². The van der Waals surface area contributed by atoms with Gasteiger partial charge in [-0.05, 0) is 64.5 Å². The summed E-state index contributed by atoms with van der Waals surface area (Å²) in [7, 11) is 5.54. The molecule has 0 fully saturated rings. The minimum Gasteiger partial charge on any atom is -0.497 e. The third kappa shape index (κ3) is 6.82. The monoisotopic (exact) mass is 294 g/mol. The van der Waals surface area contributed by atoms with E-state index in [1.54, 1.807) is 14.2 Å². The van der Waals surface area contributed by atoms with Crippen LogP contribution in [0.2, 0.25) is 0 Å². The largest absolute Gasteiger partial charge is 0.497 e. The zero-order valence-electron chi connectivity index (χ0n) is 14.1. The Balaban J connectivity index is 2.26. The van der Waals surface area contributed by atoms with Crippen LogP contribution in [0.25, 0.3) is 0 Å². The smallest absolute Gasteiger partial charge is 0.122 e. The molecule has 0 aliphatic rings. The van der Waals surface area contributed by atoms with Gasteiger partial charge in [-0.2, -0.15) is 0 Å². The Morgan fingerprint density at radius 1 is 1.05 bits per heavy atom. The van der Waals surface area contributed by atoms with Crippen molar-refractivity contribution in [3.05, 3.63) is 23.8 Å². The van der Waals surface area contributed by atoms with Crippen LogP contribution in [0.1, 0.15) is 32.3 Å². The molecule has 0 spiro atoms. The van der Waals surface area contributed by atoms with E-state index in [0.717, 1.165) is 31.1 Å². The molecule has 0 heterocycles. The average molecular weight is 294 g/mol. The van der Waals surface area contributed by atoms with Gasteiger partial charge in [-0.3, -0.25) is 0 Å². The molecule has 120 valence electrons. The first-order valence-electron chi connectivity index (χ1n) is 7.69. The van der Waals surface area contributed by atoms with E-state index < -0.39 is 0 Å². The summed E-state index contributed by atoms with van der Waals surface area (Å²) in [5.41, 5.74) is 1.19. The molecule has 0 radical (unpaired) electrons. The molecule has 21 heavy (non-hydrogen) atoms. The predicted octanol–water partition coefficient (Wildman–Crippen LogP) is 2.91. The molecule has 0 atom stereocenters. The van der Waals surface area contributed by atoms with E-state index in [1.807, 2.05) is 18.2 Å². The zero-order valence-corrected chi connectivity index (χ0v) is 14.1. The summed E-state index contributed by atoms with van der Waals surface area (Å²) >= 11 is 0. The van der Waals surface area contributed by atoms with Crippen LogP contribution in [0.3, 0.4) is 0 Å². The highest BCUT2D eigenvalue weighted by Crippen LogP contribution is 2.22. The van der Waals surface area contributed by atoms with Crippen LogP contribution < -0.4 is 14.8 Å². The Hall–Kier alpha value is -1.26. The fourth-order valence-electron chi connectivity index (χ4n) is 2.07. The third-order valence-corrected chi connectivity index (χ3v) is 3.74. The molecule has 0 aliphatic heterocycles. The molecule has 0 bridgehead atoms. The highest BCUT2D eigenvalue weighted by molar-refractivity contribution is 5.38. The molecule has 4 heteroatoms. The molecule has 1 N–H and O–H groups in total. The molecule has 1 aromatic carbocycles.